The number of fused-ring (bicyclic) bond motifs is 1. The first-order valence-corrected chi connectivity index (χ1v) is 6.61. The van der Waals surface area contributed by atoms with Gasteiger partial charge in [0.1, 0.15) is 0 Å². The number of hydrogen-bond acceptors (Lipinski definition) is 3. The minimum absolute atomic E-state index is 0.0756. The maximum absolute atomic E-state index is 12.6. The fourth-order valence-electron chi connectivity index (χ4n) is 2.50. The summed E-state index contributed by atoms with van der Waals surface area (Å²) in [6, 6.07) is 5.83. The van der Waals surface area contributed by atoms with Gasteiger partial charge in [0.15, 0.2) is 0 Å². The lowest BCUT2D eigenvalue weighted by Gasteiger charge is -2.35. The molecule has 19 heavy (non-hydrogen) atoms. The minimum Gasteiger partial charge on any atom is -0.377 e. The summed E-state index contributed by atoms with van der Waals surface area (Å²) in [7, 11) is 0. The average molecular weight is 259 g/mol. The number of H-pyrrole nitrogens is 1. The summed E-state index contributed by atoms with van der Waals surface area (Å²) in [4.78, 5) is 14.5. The van der Waals surface area contributed by atoms with Gasteiger partial charge in [-0.25, -0.2) is 0 Å². The van der Waals surface area contributed by atoms with Crippen molar-refractivity contribution in [3.8, 4) is 0 Å². The van der Waals surface area contributed by atoms with E-state index in [9.17, 15) is 4.79 Å². The molecule has 1 aliphatic rings. The van der Waals surface area contributed by atoms with Crippen LogP contribution in [0.2, 0.25) is 0 Å². The van der Waals surface area contributed by atoms with Gasteiger partial charge >= 0.3 is 0 Å². The maximum Gasteiger partial charge on any atom is 0.254 e. The lowest BCUT2D eigenvalue weighted by atomic mass is 10.1. The molecule has 5 heteroatoms. The molecule has 1 unspecified atom stereocenters. The SMILES string of the molecule is CCC1COCCN1C(=O)c1ccc2cn[nH]c2c1. The zero-order chi connectivity index (χ0) is 13.2. The van der Waals surface area contributed by atoms with Gasteiger partial charge in [-0.05, 0) is 18.6 Å². The van der Waals surface area contributed by atoms with Crippen molar-refractivity contribution in [1.82, 2.24) is 15.1 Å². The van der Waals surface area contributed by atoms with Crippen molar-refractivity contribution in [2.45, 2.75) is 19.4 Å². The number of carbonyl (C=O) groups is 1. The third kappa shape index (κ3) is 2.21. The second-order valence-electron chi connectivity index (χ2n) is 4.81. The number of aromatic nitrogens is 2. The van der Waals surface area contributed by atoms with E-state index in [-0.39, 0.29) is 11.9 Å². The summed E-state index contributed by atoms with van der Waals surface area (Å²) < 4.78 is 5.44. The highest BCUT2D eigenvalue weighted by Gasteiger charge is 2.26. The molecule has 1 atom stereocenters. The monoisotopic (exact) mass is 259 g/mol. The van der Waals surface area contributed by atoms with Crippen molar-refractivity contribution >= 4 is 16.8 Å². The number of nitrogens with zero attached hydrogens (tertiary/aromatic N) is 2. The van der Waals surface area contributed by atoms with Crippen molar-refractivity contribution in [2.24, 2.45) is 0 Å². The number of nitrogens with one attached hydrogen (secondary N) is 1. The van der Waals surface area contributed by atoms with Gasteiger partial charge in [-0.1, -0.05) is 13.0 Å². The number of aromatic amines is 1. The highest BCUT2D eigenvalue weighted by Crippen LogP contribution is 2.18. The Balaban J connectivity index is 1.89. The first kappa shape index (κ1) is 12.2. The van der Waals surface area contributed by atoms with E-state index in [0.717, 1.165) is 17.3 Å². The van der Waals surface area contributed by atoms with Crippen LogP contribution >= 0.6 is 0 Å². The molecule has 1 aliphatic heterocycles. The van der Waals surface area contributed by atoms with Crippen LogP contribution in [0.1, 0.15) is 23.7 Å². The summed E-state index contributed by atoms with van der Waals surface area (Å²) in [5.41, 5.74) is 1.60. The van der Waals surface area contributed by atoms with Gasteiger partial charge in [0.2, 0.25) is 0 Å². The fourth-order valence-corrected chi connectivity index (χ4v) is 2.50. The van der Waals surface area contributed by atoms with Crippen molar-refractivity contribution < 1.29 is 9.53 Å². The zero-order valence-corrected chi connectivity index (χ0v) is 10.9. The van der Waals surface area contributed by atoms with E-state index in [1.165, 1.54) is 0 Å². The minimum atomic E-state index is 0.0756. The Bertz CT molecular complexity index is 593. The molecule has 1 saturated heterocycles. The number of morpholine rings is 1. The number of carbonyl (C=O) groups excluding carboxylic acids is 1. The predicted octanol–water partition coefficient (Wildman–Crippen LogP) is 1.81. The molecule has 2 heterocycles. The van der Waals surface area contributed by atoms with Crippen LogP contribution in [0.15, 0.2) is 24.4 Å². The molecule has 0 saturated carbocycles. The van der Waals surface area contributed by atoms with E-state index in [0.29, 0.717) is 25.3 Å². The third-order valence-corrected chi connectivity index (χ3v) is 3.65. The molecule has 3 rings (SSSR count). The van der Waals surface area contributed by atoms with Gasteiger partial charge < -0.3 is 9.64 Å². The quantitative estimate of drug-likeness (QED) is 0.895. The number of amides is 1. The average Bonchev–Trinajstić information content (AvgIpc) is 2.93. The molecule has 5 nitrogen and oxygen atoms in total. The molecule has 0 spiro atoms. The summed E-state index contributed by atoms with van der Waals surface area (Å²) >= 11 is 0. The Kier molecular flexibility index (Phi) is 3.21. The van der Waals surface area contributed by atoms with E-state index in [2.05, 4.69) is 17.1 Å². The van der Waals surface area contributed by atoms with Crippen molar-refractivity contribution in [3.05, 3.63) is 30.0 Å². The molecule has 1 aromatic carbocycles. The van der Waals surface area contributed by atoms with E-state index >= 15 is 0 Å². The van der Waals surface area contributed by atoms with Crippen LogP contribution in [0.25, 0.3) is 10.9 Å². The first-order chi connectivity index (χ1) is 9.29. The summed E-state index contributed by atoms with van der Waals surface area (Å²) in [5, 5.41) is 7.89. The Morgan fingerprint density at radius 1 is 1.58 bits per heavy atom. The van der Waals surface area contributed by atoms with E-state index < -0.39 is 0 Å². The number of hydrogen-bond donors (Lipinski definition) is 1. The Labute approximate surface area is 111 Å². The molecule has 2 aromatic rings. The van der Waals surface area contributed by atoms with Gasteiger partial charge in [-0.3, -0.25) is 9.89 Å². The van der Waals surface area contributed by atoms with E-state index in [4.69, 9.17) is 4.74 Å². The van der Waals surface area contributed by atoms with E-state index in [1.807, 2.05) is 23.1 Å². The molecule has 1 fully saturated rings. The summed E-state index contributed by atoms with van der Waals surface area (Å²) in [5.74, 6) is 0.0756. The van der Waals surface area contributed by atoms with Gasteiger partial charge in [-0.15, -0.1) is 0 Å². The molecule has 0 aliphatic carbocycles. The second kappa shape index (κ2) is 5.01. The molecule has 1 aromatic heterocycles. The van der Waals surface area contributed by atoms with Gasteiger partial charge in [0.25, 0.3) is 5.91 Å². The molecule has 0 bridgehead atoms. The summed E-state index contributed by atoms with van der Waals surface area (Å²) in [6.45, 7) is 4.00. The lowest BCUT2D eigenvalue weighted by molar-refractivity contribution is -0.00279. The molecule has 1 amide bonds. The Morgan fingerprint density at radius 2 is 2.47 bits per heavy atom. The van der Waals surface area contributed by atoms with Gasteiger partial charge in [0, 0.05) is 17.5 Å². The standard InChI is InChI=1S/C14H17N3O2/c1-2-12-9-19-6-5-17(12)14(18)10-3-4-11-8-15-16-13(11)7-10/h3-4,7-8,12H,2,5-6,9H2,1H3,(H,15,16). The predicted molar refractivity (Wildman–Crippen MR) is 72.0 cm³/mol. The lowest BCUT2D eigenvalue weighted by Crippen LogP contribution is -2.48. The summed E-state index contributed by atoms with van der Waals surface area (Å²) in [6.07, 6.45) is 2.67. The van der Waals surface area contributed by atoms with Crippen LogP contribution in [-0.4, -0.2) is 46.8 Å². The number of benzene rings is 1. The topological polar surface area (TPSA) is 58.2 Å². The molecule has 0 radical (unpaired) electrons. The normalized spacial score (nSPS) is 19.8. The van der Waals surface area contributed by atoms with Crippen molar-refractivity contribution in [3.63, 3.8) is 0 Å². The van der Waals surface area contributed by atoms with Gasteiger partial charge in [0.05, 0.1) is 31.0 Å². The van der Waals surface area contributed by atoms with Crippen molar-refractivity contribution in [1.29, 1.82) is 0 Å². The largest absolute Gasteiger partial charge is 0.377 e. The first-order valence-electron chi connectivity index (χ1n) is 6.61. The maximum atomic E-state index is 12.6. The molecule has 100 valence electrons. The Hall–Kier alpha value is -1.88. The van der Waals surface area contributed by atoms with Crippen LogP contribution in [0.3, 0.4) is 0 Å². The van der Waals surface area contributed by atoms with Crippen LogP contribution in [0.4, 0.5) is 0 Å². The fraction of sp³-hybridized carbons (Fsp3) is 0.429. The molecular weight excluding hydrogens is 242 g/mol. The van der Waals surface area contributed by atoms with Crippen LogP contribution in [0, 0.1) is 0 Å². The third-order valence-electron chi connectivity index (χ3n) is 3.65. The molecular formula is C14H17N3O2. The van der Waals surface area contributed by atoms with Crippen LogP contribution in [0.5, 0.6) is 0 Å². The van der Waals surface area contributed by atoms with Gasteiger partial charge in [-0.2, -0.15) is 5.10 Å². The number of ether oxygens (including phenoxy) is 1. The number of rotatable bonds is 2. The highest BCUT2D eigenvalue weighted by molar-refractivity contribution is 5.97. The zero-order valence-electron chi connectivity index (χ0n) is 10.9. The smallest absolute Gasteiger partial charge is 0.254 e. The van der Waals surface area contributed by atoms with Crippen molar-refractivity contribution in [2.75, 3.05) is 19.8 Å². The second-order valence-corrected chi connectivity index (χ2v) is 4.81. The van der Waals surface area contributed by atoms with E-state index in [1.54, 1.807) is 6.20 Å². The van der Waals surface area contributed by atoms with Crippen LogP contribution in [-0.2, 0) is 4.74 Å². The Morgan fingerprint density at radius 3 is 3.32 bits per heavy atom. The molecule has 1 N–H and O–H groups in total. The van der Waals surface area contributed by atoms with Crippen LogP contribution < -0.4 is 0 Å². The highest BCUT2D eigenvalue weighted by atomic mass is 16.5.